The van der Waals surface area contributed by atoms with Crippen molar-refractivity contribution >= 4 is 17.7 Å². The van der Waals surface area contributed by atoms with E-state index in [0.717, 1.165) is 22.3 Å². The van der Waals surface area contributed by atoms with Crippen LogP contribution in [0.5, 0.6) is 5.75 Å². The number of hydrogen-bond donors (Lipinski definition) is 2. The summed E-state index contributed by atoms with van der Waals surface area (Å²) in [5.74, 6) is -4.98. The van der Waals surface area contributed by atoms with Gasteiger partial charge in [-0.05, 0) is 34.4 Å². The quantitative estimate of drug-likeness (QED) is 0.471. The smallest absolute Gasteiger partial charge is 0.478 e. The van der Waals surface area contributed by atoms with Gasteiger partial charge in [0, 0.05) is 5.92 Å². The fraction of sp³-hybridized carbons (Fsp3) is 0.130. The molecular weight excluding hydrogens is 446 g/mol. The zero-order valence-corrected chi connectivity index (χ0v) is 16.7. The van der Waals surface area contributed by atoms with Crippen molar-refractivity contribution in [3.63, 3.8) is 0 Å². The van der Waals surface area contributed by atoms with E-state index >= 15 is 0 Å². The van der Waals surface area contributed by atoms with Crippen molar-refractivity contribution in [2.45, 2.75) is 12.3 Å². The van der Waals surface area contributed by atoms with Crippen LogP contribution in [-0.4, -0.2) is 30.1 Å². The molecule has 0 heterocycles. The zero-order chi connectivity index (χ0) is 23.8. The molecule has 0 saturated carbocycles. The molecule has 0 aromatic heterocycles. The summed E-state index contributed by atoms with van der Waals surface area (Å²) < 4.78 is 60.8. The third-order valence-electron chi connectivity index (χ3n) is 5.13. The van der Waals surface area contributed by atoms with Crippen molar-refractivity contribution in [2.75, 3.05) is 11.9 Å². The van der Waals surface area contributed by atoms with Crippen LogP contribution in [0.25, 0.3) is 11.1 Å². The number of hydrogen-bond acceptors (Lipinski definition) is 4. The maximum absolute atomic E-state index is 14.6. The van der Waals surface area contributed by atoms with Crippen LogP contribution in [0.4, 0.5) is 28.0 Å². The largest absolute Gasteiger partial charge is 0.573 e. The minimum atomic E-state index is -5.22. The lowest BCUT2D eigenvalue weighted by Crippen LogP contribution is -2.22. The molecule has 4 rings (SSSR count). The number of aromatic carboxylic acids is 1. The number of anilines is 1. The summed E-state index contributed by atoms with van der Waals surface area (Å²) in [6, 6.07) is 16.2. The van der Waals surface area contributed by atoms with E-state index in [9.17, 15) is 32.3 Å². The lowest BCUT2D eigenvalue weighted by atomic mass is 9.98. The van der Waals surface area contributed by atoms with Gasteiger partial charge < -0.3 is 14.6 Å². The van der Waals surface area contributed by atoms with Gasteiger partial charge in [0.15, 0.2) is 11.6 Å². The minimum absolute atomic E-state index is 0.164. The number of alkyl halides is 3. The van der Waals surface area contributed by atoms with Gasteiger partial charge in [0.05, 0.1) is 11.3 Å². The molecule has 170 valence electrons. The van der Waals surface area contributed by atoms with E-state index < -0.39 is 41.2 Å². The Morgan fingerprint density at radius 3 is 2.06 bits per heavy atom. The lowest BCUT2D eigenvalue weighted by molar-refractivity contribution is -0.275. The number of amides is 1. The standard InChI is InChI=1S/C23H15F4NO5/c24-19-18(33-23(25,26)27)10-9-16(21(29)30)20(19)28-22(31)32-11-17-14-7-3-1-5-12(14)13-6-2-4-8-15(13)17/h1-10,17H,11H2,(H,28,31)(H,29,30). The molecule has 6 nitrogen and oxygen atoms in total. The Hall–Kier alpha value is -4.08. The van der Waals surface area contributed by atoms with Crippen LogP contribution in [0.15, 0.2) is 60.7 Å². The van der Waals surface area contributed by atoms with Gasteiger partial charge in [-0.25, -0.2) is 14.0 Å². The van der Waals surface area contributed by atoms with Crippen molar-refractivity contribution in [3.05, 3.63) is 83.2 Å². The molecule has 33 heavy (non-hydrogen) atoms. The number of nitrogens with one attached hydrogen (secondary N) is 1. The second kappa shape index (κ2) is 8.45. The molecule has 0 bridgehead atoms. The first-order chi connectivity index (χ1) is 15.7. The monoisotopic (exact) mass is 461 g/mol. The third kappa shape index (κ3) is 4.45. The molecule has 3 aromatic carbocycles. The van der Waals surface area contributed by atoms with E-state index in [1.54, 1.807) is 0 Å². The van der Waals surface area contributed by atoms with Gasteiger partial charge in [-0.3, -0.25) is 5.32 Å². The van der Waals surface area contributed by atoms with E-state index in [0.29, 0.717) is 12.1 Å². The molecule has 0 unspecified atom stereocenters. The summed E-state index contributed by atoms with van der Waals surface area (Å²) in [5, 5.41) is 11.1. The highest BCUT2D eigenvalue weighted by molar-refractivity contribution is 5.99. The van der Waals surface area contributed by atoms with Gasteiger partial charge in [-0.2, -0.15) is 0 Å². The number of benzene rings is 3. The minimum Gasteiger partial charge on any atom is -0.478 e. The number of ether oxygens (including phenoxy) is 2. The summed E-state index contributed by atoms with van der Waals surface area (Å²) in [5.41, 5.74) is 1.99. The maximum atomic E-state index is 14.6. The van der Waals surface area contributed by atoms with E-state index in [1.165, 1.54) is 0 Å². The maximum Gasteiger partial charge on any atom is 0.573 e. The zero-order valence-electron chi connectivity index (χ0n) is 16.7. The molecule has 0 fully saturated rings. The fourth-order valence-electron chi connectivity index (χ4n) is 3.80. The molecule has 0 saturated heterocycles. The fourth-order valence-corrected chi connectivity index (χ4v) is 3.80. The number of carbonyl (C=O) groups is 2. The van der Waals surface area contributed by atoms with E-state index in [1.807, 2.05) is 53.8 Å². The van der Waals surface area contributed by atoms with E-state index in [4.69, 9.17) is 4.74 Å². The van der Waals surface area contributed by atoms with Crippen molar-refractivity contribution in [1.29, 1.82) is 0 Å². The van der Waals surface area contributed by atoms with Crippen molar-refractivity contribution in [3.8, 4) is 16.9 Å². The molecule has 0 aliphatic heterocycles. The van der Waals surface area contributed by atoms with Gasteiger partial charge in [-0.15, -0.1) is 13.2 Å². The van der Waals surface area contributed by atoms with Gasteiger partial charge in [-0.1, -0.05) is 48.5 Å². The number of rotatable bonds is 5. The Morgan fingerprint density at radius 2 is 1.52 bits per heavy atom. The number of carbonyl (C=O) groups excluding carboxylic acids is 1. The Balaban J connectivity index is 1.55. The van der Waals surface area contributed by atoms with Crippen LogP contribution in [0.1, 0.15) is 27.4 Å². The second-order valence-electron chi connectivity index (χ2n) is 7.10. The average Bonchev–Trinajstić information content (AvgIpc) is 3.08. The van der Waals surface area contributed by atoms with Crippen molar-refractivity contribution in [1.82, 2.24) is 0 Å². The Labute approximate surface area is 184 Å². The number of carboxylic acids is 1. The summed E-state index contributed by atoms with van der Waals surface area (Å²) >= 11 is 0. The van der Waals surface area contributed by atoms with Crippen LogP contribution >= 0.6 is 0 Å². The molecule has 2 N–H and O–H groups in total. The average molecular weight is 461 g/mol. The number of fused-ring (bicyclic) bond motifs is 3. The van der Waals surface area contributed by atoms with Crippen molar-refractivity contribution in [2.24, 2.45) is 0 Å². The predicted molar refractivity (Wildman–Crippen MR) is 109 cm³/mol. The van der Waals surface area contributed by atoms with Gasteiger partial charge in [0.25, 0.3) is 0 Å². The molecule has 0 radical (unpaired) electrons. The molecular formula is C23H15F4NO5. The van der Waals surface area contributed by atoms with Gasteiger partial charge >= 0.3 is 18.4 Å². The highest BCUT2D eigenvalue weighted by atomic mass is 19.4. The molecule has 10 heteroatoms. The summed E-state index contributed by atoms with van der Waals surface area (Å²) in [7, 11) is 0. The molecule has 3 aromatic rings. The summed E-state index contributed by atoms with van der Waals surface area (Å²) in [6.45, 7) is -0.164. The van der Waals surface area contributed by atoms with Crippen LogP contribution in [0.3, 0.4) is 0 Å². The molecule has 1 aliphatic carbocycles. The third-order valence-corrected chi connectivity index (χ3v) is 5.13. The van der Waals surface area contributed by atoms with Crippen molar-refractivity contribution < 1.29 is 41.7 Å². The first-order valence-corrected chi connectivity index (χ1v) is 9.59. The lowest BCUT2D eigenvalue weighted by Gasteiger charge is -2.16. The highest BCUT2D eigenvalue weighted by Gasteiger charge is 2.34. The van der Waals surface area contributed by atoms with Crippen LogP contribution in [-0.2, 0) is 4.74 Å². The Bertz CT molecular complexity index is 1200. The summed E-state index contributed by atoms with van der Waals surface area (Å²) in [4.78, 5) is 23.7. The predicted octanol–water partition coefficient (Wildman–Crippen LogP) is 5.78. The molecule has 1 amide bonds. The van der Waals surface area contributed by atoms with Crippen LogP contribution < -0.4 is 10.1 Å². The normalized spacial score (nSPS) is 12.6. The topological polar surface area (TPSA) is 84.9 Å². The van der Waals surface area contributed by atoms with Crippen LogP contribution in [0.2, 0.25) is 0 Å². The molecule has 1 aliphatic rings. The van der Waals surface area contributed by atoms with E-state index in [-0.39, 0.29) is 12.5 Å². The number of halogens is 4. The highest BCUT2D eigenvalue weighted by Crippen LogP contribution is 2.44. The SMILES string of the molecule is O=C(Nc1c(C(=O)O)ccc(OC(F)(F)F)c1F)OCC1c2ccccc2-c2ccccc21. The van der Waals surface area contributed by atoms with Gasteiger partial charge in [0.1, 0.15) is 6.61 Å². The van der Waals surface area contributed by atoms with Crippen LogP contribution in [0, 0.1) is 5.82 Å². The first-order valence-electron chi connectivity index (χ1n) is 9.59. The Morgan fingerprint density at radius 1 is 0.939 bits per heavy atom. The second-order valence-corrected chi connectivity index (χ2v) is 7.10. The molecule has 0 atom stereocenters. The van der Waals surface area contributed by atoms with Gasteiger partial charge in [0.2, 0.25) is 0 Å². The molecule has 0 spiro atoms. The Kier molecular flexibility index (Phi) is 5.67. The number of carboxylic acid groups (broad SMARTS) is 1. The first kappa shape index (κ1) is 22.1. The summed E-state index contributed by atoms with van der Waals surface area (Å²) in [6.07, 6.45) is -6.45. The van der Waals surface area contributed by atoms with E-state index in [2.05, 4.69) is 4.74 Å².